The molecule has 1 aromatic rings. The molecule has 0 aromatic heterocycles. The van der Waals surface area contributed by atoms with Crippen LogP contribution >= 0.6 is 0 Å². The highest BCUT2D eigenvalue weighted by Crippen LogP contribution is 2.16. The lowest BCUT2D eigenvalue weighted by atomic mass is 10.1. The van der Waals surface area contributed by atoms with E-state index in [1.54, 1.807) is 4.90 Å². The van der Waals surface area contributed by atoms with Crippen LogP contribution in [0.2, 0.25) is 0 Å². The van der Waals surface area contributed by atoms with E-state index in [9.17, 15) is 9.59 Å². The van der Waals surface area contributed by atoms with E-state index in [0.29, 0.717) is 19.5 Å². The summed E-state index contributed by atoms with van der Waals surface area (Å²) in [6, 6.07) is 9.44. The topological polar surface area (TPSA) is 69.6 Å². The first kappa shape index (κ1) is 14.5. The van der Waals surface area contributed by atoms with Crippen LogP contribution in [0.1, 0.15) is 18.4 Å². The minimum absolute atomic E-state index is 0.103. The van der Waals surface area contributed by atoms with Gasteiger partial charge in [0.25, 0.3) is 0 Å². The summed E-state index contributed by atoms with van der Waals surface area (Å²) in [5, 5.41) is 11.9. The van der Waals surface area contributed by atoms with Crippen molar-refractivity contribution in [1.29, 1.82) is 0 Å². The number of nitrogens with zero attached hydrogens (tertiary/aromatic N) is 1. The first-order chi connectivity index (χ1) is 9.66. The minimum atomic E-state index is -0.834. The van der Waals surface area contributed by atoms with Crippen LogP contribution in [0.4, 0.5) is 0 Å². The molecule has 1 saturated heterocycles. The van der Waals surface area contributed by atoms with E-state index in [0.717, 1.165) is 12.8 Å². The molecule has 2 rings (SSSR count). The number of carbonyl (C=O) groups is 2. The monoisotopic (exact) mass is 276 g/mol. The third-order valence-corrected chi connectivity index (χ3v) is 3.57. The minimum Gasteiger partial charge on any atom is -0.480 e. The number of rotatable bonds is 6. The van der Waals surface area contributed by atoms with Crippen LogP contribution in [0, 0.1) is 0 Å². The number of hydrogen-bond donors (Lipinski definition) is 2. The molecule has 0 bridgehead atoms. The van der Waals surface area contributed by atoms with Gasteiger partial charge in [0.05, 0.1) is 6.54 Å². The molecule has 0 aliphatic carbocycles. The Kier molecular flexibility index (Phi) is 5.12. The molecule has 0 spiro atoms. The van der Waals surface area contributed by atoms with Gasteiger partial charge in [0.1, 0.15) is 6.04 Å². The molecule has 0 saturated carbocycles. The molecule has 5 nitrogen and oxygen atoms in total. The van der Waals surface area contributed by atoms with Crippen molar-refractivity contribution in [2.45, 2.75) is 25.3 Å². The lowest BCUT2D eigenvalue weighted by molar-refractivity contribution is -0.142. The fourth-order valence-electron chi connectivity index (χ4n) is 2.53. The van der Waals surface area contributed by atoms with Gasteiger partial charge in [-0.25, -0.2) is 0 Å². The lowest BCUT2D eigenvalue weighted by Crippen LogP contribution is -2.43. The Morgan fingerprint density at radius 3 is 2.75 bits per heavy atom. The van der Waals surface area contributed by atoms with Gasteiger partial charge in [0, 0.05) is 6.54 Å². The van der Waals surface area contributed by atoms with Crippen LogP contribution in [0.25, 0.3) is 0 Å². The zero-order chi connectivity index (χ0) is 14.4. The van der Waals surface area contributed by atoms with Crippen LogP contribution in [0.15, 0.2) is 30.3 Å². The number of carbonyl (C=O) groups excluding carboxylic acids is 1. The zero-order valence-electron chi connectivity index (χ0n) is 11.4. The Bertz CT molecular complexity index is 461. The molecule has 1 aromatic carbocycles. The first-order valence-electron chi connectivity index (χ1n) is 6.94. The highest BCUT2D eigenvalue weighted by molar-refractivity contribution is 5.80. The van der Waals surface area contributed by atoms with Crippen molar-refractivity contribution in [2.24, 2.45) is 0 Å². The van der Waals surface area contributed by atoms with Crippen molar-refractivity contribution >= 4 is 11.9 Å². The largest absolute Gasteiger partial charge is 0.480 e. The number of hydrogen-bond acceptors (Lipinski definition) is 3. The number of aliphatic carboxylic acids is 1. The highest BCUT2D eigenvalue weighted by atomic mass is 16.4. The fraction of sp³-hybridized carbons (Fsp3) is 0.467. The molecule has 2 N–H and O–H groups in total. The van der Waals surface area contributed by atoms with Crippen molar-refractivity contribution < 1.29 is 14.7 Å². The van der Waals surface area contributed by atoms with Gasteiger partial charge in [-0.15, -0.1) is 0 Å². The van der Waals surface area contributed by atoms with E-state index in [2.05, 4.69) is 5.32 Å². The molecule has 1 heterocycles. The maximum atomic E-state index is 11.8. The van der Waals surface area contributed by atoms with Gasteiger partial charge in [-0.2, -0.15) is 0 Å². The van der Waals surface area contributed by atoms with Crippen molar-refractivity contribution in [3.05, 3.63) is 35.9 Å². The molecule has 1 aliphatic rings. The van der Waals surface area contributed by atoms with Gasteiger partial charge in [0.15, 0.2) is 0 Å². The molecule has 1 aliphatic heterocycles. The number of likely N-dealkylation sites (tertiary alicyclic amines) is 1. The summed E-state index contributed by atoms with van der Waals surface area (Å²) in [6.07, 6.45) is 2.26. The van der Waals surface area contributed by atoms with Crippen molar-refractivity contribution in [1.82, 2.24) is 10.2 Å². The molecular formula is C15H20N2O3. The summed E-state index contributed by atoms with van der Waals surface area (Å²) >= 11 is 0. The molecular weight excluding hydrogens is 256 g/mol. The van der Waals surface area contributed by atoms with Gasteiger partial charge >= 0.3 is 5.97 Å². The maximum Gasteiger partial charge on any atom is 0.320 e. The number of benzene rings is 1. The SMILES string of the molecule is O=C(CN1CCCC1C(=O)O)NCCc1ccccc1. The Morgan fingerprint density at radius 2 is 2.05 bits per heavy atom. The Balaban J connectivity index is 1.71. The lowest BCUT2D eigenvalue weighted by Gasteiger charge is -2.20. The summed E-state index contributed by atoms with van der Waals surface area (Å²) in [6.45, 7) is 1.43. The van der Waals surface area contributed by atoms with E-state index in [1.807, 2.05) is 30.3 Å². The number of carboxylic acid groups (broad SMARTS) is 1. The summed E-state index contributed by atoms with van der Waals surface area (Å²) < 4.78 is 0. The molecule has 1 unspecified atom stereocenters. The summed E-state index contributed by atoms with van der Waals surface area (Å²) in [5.41, 5.74) is 1.18. The number of nitrogens with one attached hydrogen (secondary N) is 1. The van der Waals surface area contributed by atoms with E-state index in [4.69, 9.17) is 5.11 Å². The first-order valence-corrected chi connectivity index (χ1v) is 6.94. The molecule has 5 heteroatoms. The van der Waals surface area contributed by atoms with E-state index >= 15 is 0 Å². The second-order valence-corrected chi connectivity index (χ2v) is 5.05. The van der Waals surface area contributed by atoms with Crippen LogP contribution in [-0.4, -0.2) is 47.6 Å². The van der Waals surface area contributed by atoms with Crippen LogP contribution in [0.3, 0.4) is 0 Å². The average molecular weight is 276 g/mol. The van der Waals surface area contributed by atoms with Gasteiger partial charge in [-0.05, 0) is 31.4 Å². The zero-order valence-corrected chi connectivity index (χ0v) is 11.4. The second kappa shape index (κ2) is 7.05. The van der Waals surface area contributed by atoms with Crippen LogP contribution in [0.5, 0.6) is 0 Å². The second-order valence-electron chi connectivity index (χ2n) is 5.05. The average Bonchev–Trinajstić information content (AvgIpc) is 2.88. The number of amides is 1. The highest BCUT2D eigenvalue weighted by Gasteiger charge is 2.31. The molecule has 1 amide bonds. The standard InChI is InChI=1S/C15H20N2O3/c18-14(11-17-10-4-7-13(17)15(19)20)16-9-8-12-5-2-1-3-6-12/h1-3,5-6,13H,4,7-11H2,(H,16,18)(H,19,20). The van der Waals surface area contributed by atoms with Gasteiger partial charge in [-0.1, -0.05) is 30.3 Å². The molecule has 20 heavy (non-hydrogen) atoms. The molecule has 1 fully saturated rings. The van der Waals surface area contributed by atoms with Crippen molar-refractivity contribution in [2.75, 3.05) is 19.6 Å². The van der Waals surface area contributed by atoms with E-state index < -0.39 is 12.0 Å². The Labute approximate surface area is 118 Å². The normalized spacial score (nSPS) is 18.9. The summed E-state index contributed by atoms with van der Waals surface area (Å²) in [7, 11) is 0. The third-order valence-electron chi connectivity index (χ3n) is 3.57. The molecule has 108 valence electrons. The predicted octanol–water partition coefficient (Wildman–Crippen LogP) is 0.894. The fourth-order valence-corrected chi connectivity index (χ4v) is 2.53. The smallest absolute Gasteiger partial charge is 0.320 e. The van der Waals surface area contributed by atoms with E-state index in [-0.39, 0.29) is 12.5 Å². The Hall–Kier alpha value is -1.88. The number of carboxylic acids is 1. The van der Waals surface area contributed by atoms with E-state index in [1.165, 1.54) is 5.56 Å². The maximum absolute atomic E-state index is 11.8. The quantitative estimate of drug-likeness (QED) is 0.810. The molecule has 0 radical (unpaired) electrons. The Morgan fingerprint density at radius 1 is 1.30 bits per heavy atom. The van der Waals surface area contributed by atoms with Gasteiger partial charge in [-0.3, -0.25) is 14.5 Å². The van der Waals surface area contributed by atoms with Crippen LogP contribution < -0.4 is 5.32 Å². The van der Waals surface area contributed by atoms with Gasteiger partial charge in [0.2, 0.25) is 5.91 Å². The van der Waals surface area contributed by atoms with Crippen molar-refractivity contribution in [3.63, 3.8) is 0 Å². The summed E-state index contributed by atoms with van der Waals surface area (Å²) in [5.74, 6) is -0.936. The van der Waals surface area contributed by atoms with Crippen molar-refractivity contribution in [3.8, 4) is 0 Å². The van der Waals surface area contributed by atoms with Gasteiger partial charge < -0.3 is 10.4 Å². The third kappa shape index (κ3) is 4.06. The summed E-state index contributed by atoms with van der Waals surface area (Å²) in [4.78, 5) is 24.6. The predicted molar refractivity (Wildman–Crippen MR) is 75.4 cm³/mol. The molecule has 1 atom stereocenters. The van der Waals surface area contributed by atoms with Crippen LogP contribution in [-0.2, 0) is 16.0 Å².